The van der Waals surface area contributed by atoms with Crippen LogP contribution >= 0.6 is 27.3 Å². The zero-order valence-corrected chi connectivity index (χ0v) is 13.1. The first-order valence-electron chi connectivity index (χ1n) is 6.41. The van der Waals surface area contributed by atoms with Gasteiger partial charge >= 0.3 is 0 Å². The average molecular weight is 323 g/mol. The summed E-state index contributed by atoms with van der Waals surface area (Å²) < 4.78 is 0. The Bertz CT molecular complexity index is 462. The molecule has 1 atom stereocenters. The predicted octanol–water partition coefficient (Wildman–Crippen LogP) is 5.24. The van der Waals surface area contributed by atoms with Gasteiger partial charge in [0.05, 0.1) is 0 Å². The molecule has 2 rings (SSSR count). The quantitative estimate of drug-likeness (QED) is 0.638. The van der Waals surface area contributed by atoms with Gasteiger partial charge in [-0.3, -0.25) is 0 Å². The molecule has 18 heavy (non-hydrogen) atoms. The highest BCUT2D eigenvalue weighted by molar-refractivity contribution is 9.09. The number of alkyl halides is 1. The summed E-state index contributed by atoms with van der Waals surface area (Å²) in [6, 6.07) is 11.0. The van der Waals surface area contributed by atoms with Crippen LogP contribution in [0.1, 0.15) is 23.1 Å². The largest absolute Gasteiger partial charge is 0.152 e. The molecule has 2 aromatic rings. The van der Waals surface area contributed by atoms with Crippen molar-refractivity contribution in [1.82, 2.24) is 0 Å². The summed E-state index contributed by atoms with van der Waals surface area (Å²) in [5, 5.41) is 5.52. The van der Waals surface area contributed by atoms with Crippen LogP contribution in [0, 0.1) is 12.8 Å². The molecule has 0 radical (unpaired) electrons. The van der Waals surface area contributed by atoms with Crippen LogP contribution in [-0.4, -0.2) is 5.33 Å². The Labute approximate surface area is 122 Å². The Morgan fingerprint density at radius 1 is 1.22 bits per heavy atom. The molecule has 0 nitrogen and oxygen atoms in total. The molecular weight excluding hydrogens is 304 g/mol. The number of aryl methyl sites for hydroxylation is 2. The molecule has 0 bridgehead atoms. The monoisotopic (exact) mass is 322 g/mol. The number of halogens is 1. The Kier molecular flexibility index (Phi) is 5.45. The van der Waals surface area contributed by atoms with E-state index in [9.17, 15) is 0 Å². The van der Waals surface area contributed by atoms with Crippen molar-refractivity contribution in [3.8, 4) is 0 Å². The van der Waals surface area contributed by atoms with Crippen LogP contribution in [0.3, 0.4) is 0 Å². The van der Waals surface area contributed by atoms with Crippen molar-refractivity contribution in [3.63, 3.8) is 0 Å². The third kappa shape index (κ3) is 3.96. The maximum atomic E-state index is 3.66. The van der Waals surface area contributed by atoms with E-state index in [2.05, 4.69) is 63.9 Å². The minimum atomic E-state index is 0.728. The van der Waals surface area contributed by atoms with E-state index in [1.165, 1.54) is 36.0 Å². The average Bonchev–Trinajstić information content (AvgIpc) is 2.90. The van der Waals surface area contributed by atoms with E-state index in [-0.39, 0.29) is 0 Å². The molecule has 1 aromatic carbocycles. The minimum Gasteiger partial charge on any atom is -0.152 e. The zero-order chi connectivity index (χ0) is 12.8. The predicted molar refractivity (Wildman–Crippen MR) is 84.8 cm³/mol. The fraction of sp³-hybridized carbons (Fsp3) is 0.375. The molecular formula is C16H19BrS. The molecule has 96 valence electrons. The van der Waals surface area contributed by atoms with Crippen LogP contribution in [0.4, 0.5) is 0 Å². The van der Waals surface area contributed by atoms with Gasteiger partial charge in [-0.25, -0.2) is 0 Å². The fourth-order valence-corrected chi connectivity index (χ4v) is 3.45. The summed E-state index contributed by atoms with van der Waals surface area (Å²) in [5.41, 5.74) is 4.39. The smallest absolute Gasteiger partial charge is 0.00629 e. The molecule has 0 spiro atoms. The molecule has 0 fully saturated rings. The van der Waals surface area contributed by atoms with Crippen molar-refractivity contribution in [3.05, 3.63) is 57.8 Å². The first-order chi connectivity index (χ1) is 8.79. The Hall–Kier alpha value is -0.600. The fourth-order valence-electron chi connectivity index (χ4n) is 2.19. The first-order valence-corrected chi connectivity index (χ1v) is 8.47. The van der Waals surface area contributed by atoms with Gasteiger partial charge in [-0.05, 0) is 65.6 Å². The van der Waals surface area contributed by atoms with Gasteiger partial charge in [0.25, 0.3) is 0 Å². The van der Waals surface area contributed by atoms with E-state index in [1.54, 1.807) is 11.3 Å². The van der Waals surface area contributed by atoms with Gasteiger partial charge in [-0.15, -0.1) is 0 Å². The maximum Gasteiger partial charge on any atom is 0.00629 e. The summed E-state index contributed by atoms with van der Waals surface area (Å²) in [4.78, 5) is 0. The standard InChI is InChI=1S/C16H19BrS/c1-13-4-2-3-5-16(13)10-15(11-17)7-6-14-8-9-18-12-14/h2-5,8-9,12,15H,6-7,10-11H2,1H3. The van der Waals surface area contributed by atoms with E-state index in [0.717, 1.165) is 11.2 Å². The molecule has 0 aliphatic heterocycles. The molecule has 2 heteroatoms. The van der Waals surface area contributed by atoms with Crippen molar-refractivity contribution in [2.45, 2.75) is 26.2 Å². The summed E-state index contributed by atoms with van der Waals surface area (Å²) in [5.74, 6) is 0.728. The lowest BCUT2D eigenvalue weighted by Gasteiger charge is -2.15. The van der Waals surface area contributed by atoms with Gasteiger partial charge < -0.3 is 0 Å². The van der Waals surface area contributed by atoms with Crippen molar-refractivity contribution in [1.29, 1.82) is 0 Å². The third-order valence-electron chi connectivity index (χ3n) is 3.41. The molecule has 0 aliphatic carbocycles. The first kappa shape index (κ1) is 13.8. The highest BCUT2D eigenvalue weighted by atomic mass is 79.9. The van der Waals surface area contributed by atoms with Crippen molar-refractivity contribution >= 4 is 27.3 Å². The lowest BCUT2D eigenvalue weighted by atomic mass is 9.93. The van der Waals surface area contributed by atoms with Gasteiger partial charge in [0.2, 0.25) is 0 Å². The number of rotatable bonds is 6. The SMILES string of the molecule is Cc1ccccc1CC(CBr)CCc1ccsc1. The molecule has 0 saturated carbocycles. The van der Waals surface area contributed by atoms with Crippen LogP contribution in [0.5, 0.6) is 0 Å². The lowest BCUT2D eigenvalue weighted by Crippen LogP contribution is -2.08. The third-order valence-corrected chi connectivity index (χ3v) is 5.06. The Morgan fingerprint density at radius 2 is 2.06 bits per heavy atom. The van der Waals surface area contributed by atoms with Crippen LogP contribution in [-0.2, 0) is 12.8 Å². The number of hydrogen-bond donors (Lipinski definition) is 0. The summed E-state index contributed by atoms with van der Waals surface area (Å²) >= 11 is 5.46. The summed E-state index contributed by atoms with van der Waals surface area (Å²) in [7, 11) is 0. The Balaban J connectivity index is 1.91. The van der Waals surface area contributed by atoms with Crippen LogP contribution in [0.15, 0.2) is 41.1 Å². The van der Waals surface area contributed by atoms with Crippen LogP contribution in [0.25, 0.3) is 0 Å². The van der Waals surface area contributed by atoms with Gasteiger partial charge in [0, 0.05) is 5.33 Å². The summed E-state index contributed by atoms with van der Waals surface area (Å²) in [6.07, 6.45) is 3.64. The van der Waals surface area contributed by atoms with E-state index in [1.807, 2.05) is 0 Å². The number of hydrogen-bond acceptors (Lipinski definition) is 1. The normalized spacial score (nSPS) is 12.6. The number of benzene rings is 1. The highest BCUT2D eigenvalue weighted by Gasteiger charge is 2.10. The van der Waals surface area contributed by atoms with Gasteiger partial charge in [-0.1, -0.05) is 40.2 Å². The van der Waals surface area contributed by atoms with E-state index >= 15 is 0 Å². The topological polar surface area (TPSA) is 0 Å². The molecule has 0 amide bonds. The zero-order valence-electron chi connectivity index (χ0n) is 10.7. The van der Waals surface area contributed by atoms with Gasteiger partial charge in [-0.2, -0.15) is 11.3 Å². The molecule has 1 unspecified atom stereocenters. The second-order valence-electron chi connectivity index (χ2n) is 4.82. The number of thiophene rings is 1. The van der Waals surface area contributed by atoms with Gasteiger partial charge in [0.1, 0.15) is 0 Å². The lowest BCUT2D eigenvalue weighted by molar-refractivity contribution is 0.542. The van der Waals surface area contributed by atoms with Gasteiger partial charge in [0.15, 0.2) is 0 Å². The van der Waals surface area contributed by atoms with Crippen molar-refractivity contribution in [2.24, 2.45) is 5.92 Å². The molecule has 1 aromatic heterocycles. The molecule has 0 aliphatic rings. The van der Waals surface area contributed by atoms with E-state index < -0.39 is 0 Å². The second-order valence-corrected chi connectivity index (χ2v) is 6.25. The van der Waals surface area contributed by atoms with E-state index in [4.69, 9.17) is 0 Å². The highest BCUT2D eigenvalue weighted by Crippen LogP contribution is 2.20. The van der Waals surface area contributed by atoms with Crippen molar-refractivity contribution in [2.75, 3.05) is 5.33 Å². The molecule has 0 N–H and O–H groups in total. The maximum absolute atomic E-state index is 3.66. The van der Waals surface area contributed by atoms with Crippen molar-refractivity contribution < 1.29 is 0 Å². The minimum absolute atomic E-state index is 0.728. The second kappa shape index (κ2) is 7.10. The van der Waals surface area contributed by atoms with Crippen LogP contribution in [0.2, 0.25) is 0 Å². The van der Waals surface area contributed by atoms with Crippen LogP contribution < -0.4 is 0 Å². The Morgan fingerprint density at radius 3 is 2.72 bits per heavy atom. The molecule has 0 saturated heterocycles. The molecule has 1 heterocycles. The van der Waals surface area contributed by atoms with E-state index in [0.29, 0.717) is 0 Å². The summed E-state index contributed by atoms with van der Waals surface area (Å²) in [6.45, 7) is 2.21.